The first-order chi connectivity index (χ1) is 9.22. The van der Waals surface area contributed by atoms with Crippen LogP contribution in [-0.4, -0.2) is 36.1 Å². The van der Waals surface area contributed by atoms with Gasteiger partial charge in [-0.2, -0.15) is 0 Å². The molecule has 0 aliphatic heterocycles. The predicted octanol–water partition coefficient (Wildman–Crippen LogP) is 2.00. The highest BCUT2D eigenvalue weighted by Gasteiger charge is 2.02. The minimum atomic E-state index is -0.740. The Bertz CT molecular complexity index is 542. The van der Waals surface area contributed by atoms with Crippen molar-refractivity contribution < 1.29 is 14.9 Å². The lowest BCUT2D eigenvalue weighted by Gasteiger charge is -2.11. The molecule has 0 amide bonds. The van der Waals surface area contributed by atoms with Crippen LogP contribution in [0, 0.1) is 0 Å². The molecule has 0 spiro atoms. The Morgan fingerprint density at radius 3 is 2.63 bits per heavy atom. The Hall–Kier alpha value is -1.78. The molecule has 0 aromatic heterocycles. The average molecular weight is 261 g/mol. The van der Waals surface area contributed by atoms with E-state index in [1.807, 2.05) is 43.3 Å². The van der Waals surface area contributed by atoms with Crippen molar-refractivity contribution in [2.24, 2.45) is 0 Å². The van der Waals surface area contributed by atoms with Gasteiger partial charge in [0.15, 0.2) is 0 Å². The predicted molar refractivity (Wildman–Crippen MR) is 76.7 cm³/mol. The Morgan fingerprint density at radius 2 is 1.89 bits per heavy atom. The van der Waals surface area contributed by atoms with E-state index in [2.05, 4.69) is 5.32 Å². The third-order valence-corrected chi connectivity index (χ3v) is 2.88. The molecule has 0 heterocycles. The Morgan fingerprint density at radius 1 is 1.16 bits per heavy atom. The van der Waals surface area contributed by atoms with Gasteiger partial charge in [-0.15, -0.1) is 0 Å². The summed E-state index contributed by atoms with van der Waals surface area (Å²) in [7, 11) is 0. The average Bonchev–Trinajstić information content (AvgIpc) is 2.45. The van der Waals surface area contributed by atoms with Crippen LogP contribution in [0.25, 0.3) is 10.8 Å². The van der Waals surface area contributed by atoms with Crippen molar-refractivity contribution in [3.63, 3.8) is 0 Å². The molecule has 19 heavy (non-hydrogen) atoms. The maximum atomic E-state index is 9.30. The fourth-order valence-corrected chi connectivity index (χ4v) is 1.89. The van der Waals surface area contributed by atoms with E-state index < -0.39 is 6.10 Å². The van der Waals surface area contributed by atoms with Gasteiger partial charge in [-0.3, -0.25) is 0 Å². The van der Waals surface area contributed by atoms with Crippen LogP contribution < -0.4 is 10.1 Å². The van der Waals surface area contributed by atoms with E-state index >= 15 is 0 Å². The van der Waals surface area contributed by atoms with Crippen LogP contribution in [0.3, 0.4) is 0 Å². The number of nitrogens with one attached hydrogen (secondary N) is 1. The minimum Gasteiger partial charge on any atom is -0.494 e. The van der Waals surface area contributed by atoms with Gasteiger partial charge in [-0.25, -0.2) is 0 Å². The number of fused-ring (bicyclic) bond motifs is 1. The van der Waals surface area contributed by atoms with Crippen molar-refractivity contribution in [2.45, 2.75) is 13.0 Å². The van der Waals surface area contributed by atoms with Gasteiger partial charge in [0.25, 0.3) is 0 Å². The van der Waals surface area contributed by atoms with Gasteiger partial charge >= 0.3 is 0 Å². The summed E-state index contributed by atoms with van der Waals surface area (Å²) in [4.78, 5) is 0. The SMILES string of the molecule is CCOc1ccc2cc(NCC(O)CO)ccc2c1. The van der Waals surface area contributed by atoms with Gasteiger partial charge in [0.05, 0.1) is 19.3 Å². The first-order valence-corrected chi connectivity index (χ1v) is 6.42. The summed E-state index contributed by atoms with van der Waals surface area (Å²) in [5, 5.41) is 23.4. The summed E-state index contributed by atoms with van der Waals surface area (Å²) in [6.45, 7) is 2.71. The van der Waals surface area contributed by atoms with Gasteiger partial charge in [0, 0.05) is 12.2 Å². The number of aliphatic hydroxyl groups excluding tert-OH is 2. The second-order valence-corrected chi connectivity index (χ2v) is 4.37. The standard InChI is InChI=1S/C15H19NO3/c1-2-19-15-6-4-11-7-13(5-3-12(11)8-15)16-9-14(18)10-17/h3-8,14,16-18H,2,9-10H2,1H3. The molecule has 0 aliphatic rings. The molecule has 0 bridgehead atoms. The number of ether oxygens (including phenoxy) is 1. The van der Waals surface area contributed by atoms with Gasteiger partial charge in [-0.1, -0.05) is 12.1 Å². The molecule has 0 fully saturated rings. The lowest BCUT2D eigenvalue weighted by atomic mass is 10.1. The van der Waals surface area contributed by atoms with E-state index in [0.29, 0.717) is 13.2 Å². The van der Waals surface area contributed by atoms with E-state index in [4.69, 9.17) is 9.84 Å². The fourth-order valence-electron chi connectivity index (χ4n) is 1.89. The maximum absolute atomic E-state index is 9.30. The van der Waals surface area contributed by atoms with Crippen LogP contribution >= 0.6 is 0 Å². The monoisotopic (exact) mass is 261 g/mol. The molecule has 0 radical (unpaired) electrons. The molecule has 1 atom stereocenters. The number of benzene rings is 2. The van der Waals surface area contributed by atoms with Crippen LogP contribution in [0.4, 0.5) is 5.69 Å². The minimum absolute atomic E-state index is 0.238. The van der Waals surface area contributed by atoms with Crippen molar-refractivity contribution >= 4 is 16.5 Å². The highest BCUT2D eigenvalue weighted by Crippen LogP contribution is 2.23. The highest BCUT2D eigenvalue weighted by atomic mass is 16.5. The van der Waals surface area contributed by atoms with E-state index in [0.717, 1.165) is 22.2 Å². The van der Waals surface area contributed by atoms with Crippen LogP contribution in [-0.2, 0) is 0 Å². The first kappa shape index (κ1) is 13.6. The molecule has 2 aromatic carbocycles. The van der Waals surface area contributed by atoms with E-state index in [9.17, 15) is 5.11 Å². The second kappa shape index (κ2) is 6.41. The smallest absolute Gasteiger partial charge is 0.119 e. The van der Waals surface area contributed by atoms with Crippen LogP contribution in [0.2, 0.25) is 0 Å². The number of hydrogen-bond acceptors (Lipinski definition) is 4. The van der Waals surface area contributed by atoms with Crippen LogP contribution in [0.1, 0.15) is 6.92 Å². The molecular weight excluding hydrogens is 242 g/mol. The third kappa shape index (κ3) is 3.59. The molecule has 0 saturated carbocycles. The Labute approximate surface area is 112 Å². The molecule has 2 aromatic rings. The first-order valence-electron chi connectivity index (χ1n) is 6.42. The number of anilines is 1. The molecule has 2 rings (SSSR count). The maximum Gasteiger partial charge on any atom is 0.119 e. The summed E-state index contributed by atoms with van der Waals surface area (Å²) >= 11 is 0. The zero-order chi connectivity index (χ0) is 13.7. The Kier molecular flexibility index (Phi) is 4.60. The lowest BCUT2D eigenvalue weighted by molar-refractivity contribution is 0.105. The van der Waals surface area contributed by atoms with Gasteiger partial charge in [0.1, 0.15) is 5.75 Å². The quantitative estimate of drug-likeness (QED) is 0.744. The Balaban J connectivity index is 2.14. The van der Waals surface area contributed by atoms with Crippen molar-refractivity contribution in [3.8, 4) is 5.75 Å². The van der Waals surface area contributed by atoms with E-state index in [1.54, 1.807) is 0 Å². The van der Waals surface area contributed by atoms with Crippen molar-refractivity contribution in [3.05, 3.63) is 36.4 Å². The fraction of sp³-hybridized carbons (Fsp3) is 0.333. The summed E-state index contributed by atoms with van der Waals surface area (Å²) in [6, 6.07) is 11.9. The summed E-state index contributed by atoms with van der Waals surface area (Å²) in [5.41, 5.74) is 0.921. The molecule has 0 saturated heterocycles. The molecular formula is C15H19NO3. The van der Waals surface area contributed by atoms with E-state index in [1.165, 1.54) is 0 Å². The van der Waals surface area contributed by atoms with Crippen LogP contribution in [0.5, 0.6) is 5.75 Å². The number of rotatable bonds is 6. The molecule has 102 valence electrons. The summed E-state index contributed by atoms with van der Waals surface area (Å²) in [6.07, 6.45) is -0.740. The number of hydrogen-bond donors (Lipinski definition) is 3. The van der Waals surface area contributed by atoms with Crippen molar-refractivity contribution in [1.82, 2.24) is 0 Å². The number of aliphatic hydroxyl groups is 2. The van der Waals surface area contributed by atoms with Gasteiger partial charge < -0.3 is 20.3 Å². The van der Waals surface area contributed by atoms with Crippen LogP contribution in [0.15, 0.2) is 36.4 Å². The normalized spacial score (nSPS) is 12.4. The van der Waals surface area contributed by atoms with Crippen molar-refractivity contribution in [1.29, 1.82) is 0 Å². The lowest BCUT2D eigenvalue weighted by Crippen LogP contribution is -2.22. The third-order valence-electron chi connectivity index (χ3n) is 2.88. The summed E-state index contributed by atoms with van der Waals surface area (Å²) in [5.74, 6) is 0.867. The van der Waals surface area contributed by atoms with Gasteiger partial charge in [0.2, 0.25) is 0 Å². The second-order valence-electron chi connectivity index (χ2n) is 4.37. The largest absolute Gasteiger partial charge is 0.494 e. The van der Waals surface area contributed by atoms with E-state index in [-0.39, 0.29) is 6.61 Å². The summed E-state index contributed by atoms with van der Waals surface area (Å²) < 4.78 is 5.46. The zero-order valence-corrected chi connectivity index (χ0v) is 11.0. The molecule has 4 heteroatoms. The zero-order valence-electron chi connectivity index (χ0n) is 11.0. The molecule has 4 nitrogen and oxygen atoms in total. The molecule has 0 aliphatic carbocycles. The molecule has 3 N–H and O–H groups in total. The van der Waals surface area contributed by atoms with Gasteiger partial charge in [-0.05, 0) is 42.0 Å². The molecule has 1 unspecified atom stereocenters. The highest BCUT2D eigenvalue weighted by molar-refractivity contribution is 5.86. The topological polar surface area (TPSA) is 61.7 Å². The van der Waals surface area contributed by atoms with Crippen molar-refractivity contribution in [2.75, 3.05) is 25.1 Å².